The van der Waals surface area contributed by atoms with Crippen LogP contribution in [0.4, 0.5) is 17.1 Å². The van der Waals surface area contributed by atoms with E-state index in [2.05, 4.69) is 29.6 Å². The molecular weight excluding hydrogens is 432 g/mol. The lowest BCUT2D eigenvalue weighted by molar-refractivity contribution is 0.0980. The molecule has 0 radical (unpaired) electrons. The largest absolute Gasteiger partial charge is 0.397 e. The van der Waals surface area contributed by atoms with E-state index in [1.165, 1.54) is 22.3 Å². The molecule has 6 rings (SSSR count). The zero-order valence-electron chi connectivity index (χ0n) is 17.4. The Labute approximate surface area is 194 Å². The zero-order valence-corrected chi connectivity index (χ0v) is 18.2. The predicted octanol–water partition coefficient (Wildman–Crippen LogP) is 5.92. The second kappa shape index (κ2) is 7.33. The first-order chi connectivity index (χ1) is 16.1. The Balaban J connectivity index is 1.47. The van der Waals surface area contributed by atoms with Gasteiger partial charge in [0.25, 0.3) is 0 Å². The molecule has 0 aliphatic heterocycles. The van der Waals surface area contributed by atoms with Crippen LogP contribution in [0.25, 0.3) is 11.1 Å². The lowest BCUT2D eigenvalue weighted by Gasteiger charge is -2.23. The maximum Gasteiger partial charge on any atom is 0.196 e. The van der Waals surface area contributed by atoms with Gasteiger partial charge in [-0.3, -0.25) is 9.59 Å². The van der Waals surface area contributed by atoms with E-state index in [1.54, 1.807) is 30.3 Å². The van der Waals surface area contributed by atoms with Crippen molar-refractivity contribution in [3.8, 4) is 11.1 Å². The molecule has 6 heteroatoms. The van der Waals surface area contributed by atoms with Crippen LogP contribution in [-0.4, -0.2) is 16.1 Å². The molecule has 0 bridgehead atoms. The summed E-state index contributed by atoms with van der Waals surface area (Å²) >= 11 is 0.461. The first-order valence-corrected chi connectivity index (χ1v) is 11.3. The van der Waals surface area contributed by atoms with Crippen molar-refractivity contribution < 1.29 is 14.1 Å². The van der Waals surface area contributed by atoms with Crippen LogP contribution in [0.15, 0.2) is 77.7 Å². The molecule has 2 aliphatic rings. The van der Waals surface area contributed by atoms with Crippen molar-refractivity contribution in [3.63, 3.8) is 0 Å². The topological polar surface area (TPSA) is 92.4 Å². The SMILES string of the molecule is Nc1c(SO)cc(Nc2ccc3c(c2)Cc2ccccc2-3)c2c1C(=O)c1ccccc1C2=O. The normalized spacial score (nSPS) is 13.2. The second-order valence-electron chi connectivity index (χ2n) is 8.21. The smallest absolute Gasteiger partial charge is 0.196 e. The fraction of sp³-hybridized carbons (Fsp3) is 0.0370. The highest BCUT2D eigenvalue weighted by atomic mass is 32.2. The van der Waals surface area contributed by atoms with Gasteiger partial charge in [0.2, 0.25) is 0 Å². The Hall–Kier alpha value is -3.87. The van der Waals surface area contributed by atoms with Crippen LogP contribution in [0, 0.1) is 0 Å². The summed E-state index contributed by atoms with van der Waals surface area (Å²) in [6, 6.07) is 22.8. The molecule has 0 amide bonds. The lowest BCUT2D eigenvalue weighted by atomic mass is 9.82. The summed E-state index contributed by atoms with van der Waals surface area (Å²) in [7, 11) is 0. The van der Waals surface area contributed by atoms with Crippen LogP contribution in [-0.2, 0) is 6.42 Å². The average molecular weight is 451 g/mol. The standard InChI is InChI=1S/C27H18N2O3S/c28-25-22(33-32)13-21(23-24(25)27(31)20-8-4-3-7-19(20)26(23)30)29-16-9-10-18-15(12-16)11-14-5-1-2-6-17(14)18/h1-10,12-13,29,32H,11,28H2. The van der Waals surface area contributed by atoms with Crippen molar-refractivity contribution in [3.05, 3.63) is 106 Å². The van der Waals surface area contributed by atoms with Gasteiger partial charge in [0.1, 0.15) is 0 Å². The summed E-state index contributed by atoms with van der Waals surface area (Å²) in [6.45, 7) is 0. The number of nitrogens with one attached hydrogen (secondary N) is 1. The van der Waals surface area contributed by atoms with Gasteiger partial charge in [-0.05, 0) is 46.9 Å². The Morgan fingerprint density at radius 1 is 0.758 bits per heavy atom. The molecule has 0 aromatic heterocycles. The van der Waals surface area contributed by atoms with E-state index in [4.69, 9.17) is 5.73 Å². The molecule has 0 fully saturated rings. The highest BCUT2D eigenvalue weighted by Gasteiger charge is 2.34. The summed E-state index contributed by atoms with van der Waals surface area (Å²) in [6.07, 6.45) is 0.837. The fourth-order valence-electron chi connectivity index (χ4n) is 4.85. The predicted molar refractivity (Wildman–Crippen MR) is 131 cm³/mol. The highest BCUT2D eigenvalue weighted by molar-refractivity contribution is 7.94. The van der Waals surface area contributed by atoms with Gasteiger partial charge in [-0.2, -0.15) is 0 Å². The molecule has 5 nitrogen and oxygen atoms in total. The number of fused-ring (bicyclic) bond motifs is 5. The maximum atomic E-state index is 13.4. The molecule has 4 aromatic carbocycles. The minimum atomic E-state index is -0.318. The second-order valence-corrected chi connectivity index (χ2v) is 8.83. The number of carbonyl (C=O) groups excluding carboxylic acids is 2. The monoisotopic (exact) mass is 450 g/mol. The number of hydrogen-bond acceptors (Lipinski definition) is 6. The van der Waals surface area contributed by atoms with E-state index in [9.17, 15) is 14.1 Å². The number of carbonyl (C=O) groups is 2. The minimum Gasteiger partial charge on any atom is -0.397 e. The molecule has 4 aromatic rings. The molecule has 0 heterocycles. The Morgan fingerprint density at radius 3 is 2.12 bits per heavy atom. The third-order valence-electron chi connectivity index (χ3n) is 6.37. The van der Waals surface area contributed by atoms with Gasteiger partial charge in [-0.1, -0.05) is 54.6 Å². The van der Waals surface area contributed by atoms with Crippen molar-refractivity contribution >= 4 is 40.7 Å². The van der Waals surface area contributed by atoms with E-state index < -0.39 is 0 Å². The summed E-state index contributed by atoms with van der Waals surface area (Å²) in [4.78, 5) is 27.0. The Kier molecular flexibility index (Phi) is 4.40. The van der Waals surface area contributed by atoms with Crippen LogP contribution in [0.1, 0.15) is 43.0 Å². The quantitative estimate of drug-likeness (QED) is 0.229. The molecule has 4 N–H and O–H groups in total. The first-order valence-electron chi connectivity index (χ1n) is 10.5. The van der Waals surface area contributed by atoms with E-state index in [0.717, 1.165) is 12.1 Å². The molecule has 160 valence electrons. The van der Waals surface area contributed by atoms with Crippen LogP contribution in [0.3, 0.4) is 0 Å². The Bertz CT molecular complexity index is 1510. The number of nitrogen functional groups attached to an aromatic ring is 1. The van der Waals surface area contributed by atoms with Crippen molar-refractivity contribution in [2.45, 2.75) is 11.3 Å². The van der Waals surface area contributed by atoms with Crippen LogP contribution < -0.4 is 11.1 Å². The number of ketones is 2. The molecule has 0 saturated heterocycles. The molecule has 0 spiro atoms. The van der Waals surface area contributed by atoms with E-state index in [1.807, 2.05) is 18.2 Å². The minimum absolute atomic E-state index is 0.111. The van der Waals surface area contributed by atoms with Crippen molar-refractivity contribution in [1.29, 1.82) is 0 Å². The van der Waals surface area contributed by atoms with E-state index in [0.29, 0.717) is 33.8 Å². The van der Waals surface area contributed by atoms with Gasteiger partial charge in [-0.25, -0.2) is 0 Å². The van der Waals surface area contributed by atoms with Gasteiger partial charge in [0.15, 0.2) is 11.6 Å². The molecule has 0 unspecified atom stereocenters. The van der Waals surface area contributed by atoms with Gasteiger partial charge in [-0.15, -0.1) is 0 Å². The van der Waals surface area contributed by atoms with Gasteiger partial charge in [0, 0.05) is 28.9 Å². The van der Waals surface area contributed by atoms with Crippen LogP contribution in [0.2, 0.25) is 0 Å². The van der Waals surface area contributed by atoms with Gasteiger partial charge in [0.05, 0.1) is 27.4 Å². The van der Waals surface area contributed by atoms with Crippen LogP contribution >= 0.6 is 12.0 Å². The average Bonchev–Trinajstić information content (AvgIpc) is 3.21. The third kappa shape index (κ3) is 2.92. The summed E-state index contributed by atoms with van der Waals surface area (Å²) < 4.78 is 9.80. The van der Waals surface area contributed by atoms with Crippen molar-refractivity contribution in [1.82, 2.24) is 0 Å². The fourth-order valence-corrected chi connectivity index (χ4v) is 5.22. The number of hydrogen-bond donors (Lipinski definition) is 3. The summed E-state index contributed by atoms with van der Waals surface area (Å²) in [5.41, 5.74) is 13.5. The van der Waals surface area contributed by atoms with E-state index >= 15 is 0 Å². The van der Waals surface area contributed by atoms with Gasteiger partial charge >= 0.3 is 0 Å². The molecule has 0 saturated carbocycles. The summed E-state index contributed by atoms with van der Waals surface area (Å²) in [5, 5.41) is 3.32. The van der Waals surface area contributed by atoms with E-state index in [-0.39, 0.29) is 28.4 Å². The highest BCUT2D eigenvalue weighted by Crippen LogP contribution is 2.42. The first kappa shape index (κ1) is 19.8. The molecule has 0 atom stereocenters. The molecule has 33 heavy (non-hydrogen) atoms. The van der Waals surface area contributed by atoms with Crippen molar-refractivity contribution in [2.75, 3.05) is 11.1 Å². The lowest BCUT2D eigenvalue weighted by Crippen LogP contribution is -2.24. The number of anilines is 3. The molecule has 2 aliphatic carbocycles. The summed E-state index contributed by atoms with van der Waals surface area (Å²) in [5.74, 6) is -0.585. The number of rotatable bonds is 3. The number of benzene rings is 4. The third-order valence-corrected chi connectivity index (χ3v) is 6.91. The molecular formula is C27H18N2O3S. The van der Waals surface area contributed by atoms with Crippen molar-refractivity contribution in [2.24, 2.45) is 0 Å². The Morgan fingerprint density at radius 2 is 1.39 bits per heavy atom. The van der Waals surface area contributed by atoms with Crippen LogP contribution in [0.5, 0.6) is 0 Å². The maximum absolute atomic E-state index is 13.4. The zero-order chi connectivity index (χ0) is 22.7. The number of nitrogens with two attached hydrogens (primary N) is 1. The van der Waals surface area contributed by atoms with Gasteiger partial charge < -0.3 is 15.6 Å².